The van der Waals surface area contributed by atoms with Crippen LogP contribution >= 0.6 is 11.8 Å². The zero-order valence-corrected chi connectivity index (χ0v) is 11.9. The molecule has 0 aliphatic heterocycles. The molecule has 3 nitrogen and oxygen atoms in total. The Balaban J connectivity index is 2.58. The minimum absolute atomic E-state index is 0.151. The van der Waals surface area contributed by atoms with E-state index in [0.717, 1.165) is 6.20 Å². The molecule has 2 rings (SSSR count). The van der Waals surface area contributed by atoms with Gasteiger partial charge in [-0.2, -0.15) is 23.2 Å². The Bertz CT molecular complexity index is 736. The Kier molecular flexibility index (Phi) is 4.73. The molecule has 0 amide bonds. The minimum Gasteiger partial charge on any atom is -0.618 e. The number of rotatable bonds is 3. The first-order valence-corrected chi connectivity index (χ1v) is 6.88. The number of nitrogens with zero attached hydrogens (tertiary/aromatic N) is 2. The molecule has 0 saturated heterocycles. The van der Waals surface area contributed by atoms with E-state index in [2.05, 4.69) is 0 Å². The number of hydrogen-bond acceptors (Lipinski definition) is 3. The van der Waals surface area contributed by atoms with Gasteiger partial charge < -0.3 is 5.21 Å². The number of allylic oxidation sites excluding steroid dienone is 2. The van der Waals surface area contributed by atoms with Crippen LogP contribution in [0.3, 0.4) is 0 Å². The van der Waals surface area contributed by atoms with Gasteiger partial charge in [0.25, 0.3) is 5.03 Å². The zero-order chi connectivity index (χ0) is 16.2. The molecule has 0 atom stereocenters. The number of alkyl halides is 3. The van der Waals surface area contributed by atoms with Crippen LogP contribution in [0, 0.1) is 16.5 Å². The fourth-order valence-electron chi connectivity index (χ4n) is 1.70. The Hall–Kier alpha value is -2.46. The molecule has 0 N–H and O–H groups in total. The fraction of sp³-hybridized carbons (Fsp3) is 0.0667. The van der Waals surface area contributed by atoms with E-state index in [1.807, 2.05) is 0 Å². The molecule has 0 radical (unpaired) electrons. The van der Waals surface area contributed by atoms with Crippen molar-refractivity contribution in [3.63, 3.8) is 0 Å². The van der Waals surface area contributed by atoms with Crippen LogP contribution in [-0.2, 0) is 0 Å². The van der Waals surface area contributed by atoms with Crippen molar-refractivity contribution in [3.8, 4) is 6.07 Å². The van der Waals surface area contributed by atoms with Gasteiger partial charge >= 0.3 is 6.18 Å². The van der Waals surface area contributed by atoms with Gasteiger partial charge in [0, 0.05) is 12.1 Å². The molecule has 22 heavy (non-hydrogen) atoms. The van der Waals surface area contributed by atoms with Crippen LogP contribution in [0.4, 0.5) is 13.2 Å². The van der Waals surface area contributed by atoms with Crippen LogP contribution in [0.25, 0.3) is 5.57 Å². The van der Waals surface area contributed by atoms with Gasteiger partial charge in [-0.05, 0) is 23.4 Å². The summed E-state index contributed by atoms with van der Waals surface area (Å²) in [4.78, 5) is -1.11. The van der Waals surface area contributed by atoms with Gasteiger partial charge in [0.05, 0.1) is 5.57 Å². The van der Waals surface area contributed by atoms with Gasteiger partial charge in [-0.3, -0.25) is 0 Å². The molecule has 0 saturated carbocycles. The number of thioether (sulfide) groups is 1. The summed E-state index contributed by atoms with van der Waals surface area (Å²) in [6.45, 7) is 0. The molecule has 1 aromatic carbocycles. The van der Waals surface area contributed by atoms with Gasteiger partial charge in [0.15, 0.2) is 6.20 Å². The van der Waals surface area contributed by atoms with Gasteiger partial charge in [-0.1, -0.05) is 30.3 Å². The van der Waals surface area contributed by atoms with E-state index >= 15 is 0 Å². The lowest BCUT2D eigenvalue weighted by Gasteiger charge is -2.13. The summed E-state index contributed by atoms with van der Waals surface area (Å²) in [5.41, 5.74) is -0.361. The number of hydrogen-bond donors (Lipinski definition) is 0. The molecule has 0 aliphatic rings. The maximum atomic E-state index is 13.3. The normalized spacial score (nSPS) is 12.5. The average Bonchev–Trinajstić information content (AvgIpc) is 2.49. The van der Waals surface area contributed by atoms with Crippen molar-refractivity contribution in [2.45, 2.75) is 11.2 Å². The van der Waals surface area contributed by atoms with Crippen LogP contribution in [0.15, 0.2) is 64.7 Å². The molecular formula is C15H9F3N2OS. The first-order chi connectivity index (χ1) is 10.4. The number of nitriles is 1. The smallest absolute Gasteiger partial charge is 0.424 e. The Labute approximate surface area is 128 Å². The molecule has 1 aromatic heterocycles. The zero-order valence-electron chi connectivity index (χ0n) is 11.0. The van der Waals surface area contributed by atoms with E-state index in [1.54, 1.807) is 24.3 Å². The lowest BCUT2D eigenvalue weighted by Crippen LogP contribution is -2.28. The second-order valence-corrected chi connectivity index (χ2v) is 5.18. The van der Waals surface area contributed by atoms with Gasteiger partial charge in [-0.15, -0.1) is 0 Å². The quantitative estimate of drug-likeness (QED) is 0.372. The molecule has 2 aromatic rings. The molecular weight excluding hydrogens is 313 g/mol. The average molecular weight is 322 g/mol. The molecule has 112 valence electrons. The van der Waals surface area contributed by atoms with E-state index in [0.29, 0.717) is 4.73 Å². The van der Waals surface area contributed by atoms with Crippen molar-refractivity contribution < 1.29 is 17.9 Å². The molecule has 0 bridgehead atoms. The number of aromatic nitrogens is 1. The largest absolute Gasteiger partial charge is 0.618 e. The van der Waals surface area contributed by atoms with Gasteiger partial charge in [0.1, 0.15) is 11.0 Å². The highest BCUT2D eigenvalue weighted by Gasteiger charge is 2.39. The van der Waals surface area contributed by atoms with Crippen molar-refractivity contribution in [1.29, 1.82) is 5.26 Å². The highest BCUT2D eigenvalue weighted by molar-refractivity contribution is 8.03. The van der Waals surface area contributed by atoms with Crippen molar-refractivity contribution in [3.05, 3.63) is 70.4 Å². The Morgan fingerprint density at radius 3 is 2.27 bits per heavy atom. The van der Waals surface area contributed by atoms with Crippen LogP contribution in [0.5, 0.6) is 0 Å². The Morgan fingerprint density at radius 2 is 1.73 bits per heavy atom. The SMILES string of the molecule is N#C/C(=C(\Sc1cccc[n+]1[O-])C(F)(F)F)c1ccccc1. The van der Waals surface area contributed by atoms with Crippen LogP contribution in [0.1, 0.15) is 5.56 Å². The lowest BCUT2D eigenvalue weighted by atomic mass is 10.1. The molecule has 0 fully saturated rings. The highest BCUT2D eigenvalue weighted by atomic mass is 32.2. The molecule has 0 unspecified atom stereocenters. The topological polar surface area (TPSA) is 50.7 Å². The van der Waals surface area contributed by atoms with Crippen molar-refractivity contribution in [2.75, 3.05) is 0 Å². The van der Waals surface area contributed by atoms with Crippen molar-refractivity contribution >= 4 is 17.3 Å². The summed E-state index contributed by atoms with van der Waals surface area (Å²) in [5.74, 6) is 0. The fourth-order valence-corrected chi connectivity index (χ4v) is 2.59. The first kappa shape index (κ1) is 15.9. The lowest BCUT2D eigenvalue weighted by molar-refractivity contribution is -0.645. The summed E-state index contributed by atoms with van der Waals surface area (Å²) >= 11 is 0.232. The number of halogens is 3. The maximum Gasteiger partial charge on any atom is 0.424 e. The predicted octanol–water partition coefficient (Wildman–Crippen LogP) is 3.91. The van der Waals surface area contributed by atoms with Crippen LogP contribution in [-0.4, -0.2) is 6.18 Å². The first-order valence-electron chi connectivity index (χ1n) is 6.06. The summed E-state index contributed by atoms with van der Waals surface area (Å²) < 4.78 is 40.3. The molecule has 0 spiro atoms. The van der Waals surface area contributed by atoms with E-state index in [4.69, 9.17) is 5.26 Å². The monoisotopic (exact) mass is 322 g/mol. The standard InChI is InChI=1S/C15H9F3N2OS/c16-15(17,18)14(22-13-8-4-5-9-20(13)21)12(10-19)11-6-2-1-3-7-11/h1-9H/b14-12+. The summed E-state index contributed by atoms with van der Waals surface area (Å²) in [5, 5.41) is 20.6. The van der Waals surface area contributed by atoms with E-state index in [9.17, 15) is 18.4 Å². The summed E-state index contributed by atoms with van der Waals surface area (Å²) in [6, 6.07) is 13.3. The third kappa shape index (κ3) is 3.59. The predicted molar refractivity (Wildman–Crippen MR) is 76.3 cm³/mol. The molecule has 0 aliphatic carbocycles. The Morgan fingerprint density at radius 1 is 1.09 bits per heavy atom. The van der Waals surface area contributed by atoms with Crippen molar-refractivity contribution in [1.82, 2.24) is 0 Å². The summed E-state index contributed by atoms with van der Waals surface area (Å²) in [6.07, 6.45) is -3.64. The number of pyridine rings is 1. The van der Waals surface area contributed by atoms with Gasteiger partial charge in [0.2, 0.25) is 0 Å². The van der Waals surface area contributed by atoms with E-state index < -0.39 is 16.7 Å². The maximum absolute atomic E-state index is 13.3. The van der Waals surface area contributed by atoms with Crippen LogP contribution < -0.4 is 4.73 Å². The molecule has 1 heterocycles. The third-order valence-electron chi connectivity index (χ3n) is 2.65. The third-order valence-corrected chi connectivity index (χ3v) is 3.82. The molecule has 7 heteroatoms. The van der Waals surface area contributed by atoms with Crippen molar-refractivity contribution in [2.24, 2.45) is 0 Å². The van der Waals surface area contributed by atoms with Gasteiger partial charge in [-0.25, -0.2) is 0 Å². The second kappa shape index (κ2) is 6.54. The van der Waals surface area contributed by atoms with E-state index in [1.165, 1.54) is 30.3 Å². The number of benzene rings is 1. The van der Waals surface area contributed by atoms with Crippen LogP contribution in [0.2, 0.25) is 0 Å². The van der Waals surface area contributed by atoms with E-state index in [-0.39, 0.29) is 22.4 Å². The highest BCUT2D eigenvalue weighted by Crippen LogP contribution is 2.42. The second-order valence-electron chi connectivity index (χ2n) is 4.15. The summed E-state index contributed by atoms with van der Waals surface area (Å²) in [7, 11) is 0. The minimum atomic E-state index is -4.74.